The van der Waals surface area contributed by atoms with Crippen LogP contribution in [0, 0.1) is 5.82 Å². The van der Waals surface area contributed by atoms with Crippen LogP contribution < -0.4 is 0 Å². The average molecular weight is 383 g/mol. The Hall–Kier alpha value is -3.55. The quantitative estimate of drug-likeness (QED) is 0.583. The molecule has 28 heavy (non-hydrogen) atoms. The molecule has 144 valence electrons. The first-order chi connectivity index (χ1) is 13.6. The summed E-state index contributed by atoms with van der Waals surface area (Å²) in [6, 6.07) is 12.4. The fourth-order valence-electron chi connectivity index (χ4n) is 2.58. The van der Waals surface area contributed by atoms with E-state index in [1.807, 2.05) is 0 Å². The molecule has 0 fully saturated rings. The smallest absolute Gasteiger partial charge is 0.338 e. The van der Waals surface area contributed by atoms with Gasteiger partial charge in [0.15, 0.2) is 6.61 Å². The number of nitrogens with zero attached hydrogens (tertiary/aromatic N) is 3. The third kappa shape index (κ3) is 4.79. The summed E-state index contributed by atoms with van der Waals surface area (Å²) >= 11 is 0. The molecular formula is C20H18FN3O4. The molecule has 0 aliphatic heterocycles. The van der Waals surface area contributed by atoms with E-state index in [4.69, 9.17) is 9.15 Å². The number of carbonyl (C=O) groups excluding carboxylic acids is 2. The molecule has 0 saturated carbocycles. The van der Waals surface area contributed by atoms with Crippen molar-refractivity contribution in [3.8, 4) is 11.5 Å². The lowest BCUT2D eigenvalue weighted by atomic mass is 10.1. The van der Waals surface area contributed by atoms with Crippen molar-refractivity contribution in [3.63, 3.8) is 0 Å². The van der Waals surface area contributed by atoms with Crippen LogP contribution in [0.4, 0.5) is 4.39 Å². The Morgan fingerprint density at radius 2 is 1.96 bits per heavy atom. The van der Waals surface area contributed by atoms with Gasteiger partial charge in [-0.2, -0.15) is 0 Å². The van der Waals surface area contributed by atoms with Crippen LogP contribution in [0.25, 0.3) is 11.5 Å². The van der Waals surface area contributed by atoms with Crippen LogP contribution in [-0.2, 0) is 16.1 Å². The molecule has 0 N–H and O–H groups in total. The minimum Gasteiger partial charge on any atom is -0.452 e. The summed E-state index contributed by atoms with van der Waals surface area (Å²) in [4.78, 5) is 26.0. The highest BCUT2D eigenvalue weighted by Crippen LogP contribution is 2.17. The minimum atomic E-state index is -0.618. The van der Waals surface area contributed by atoms with Crippen molar-refractivity contribution < 1.29 is 23.1 Å². The molecule has 3 rings (SSSR count). The van der Waals surface area contributed by atoms with Gasteiger partial charge in [0.1, 0.15) is 5.82 Å². The van der Waals surface area contributed by atoms with E-state index in [1.54, 1.807) is 43.3 Å². The molecule has 0 atom stereocenters. The lowest BCUT2D eigenvalue weighted by molar-refractivity contribution is -0.134. The third-order valence-electron chi connectivity index (χ3n) is 4.05. The number of aromatic nitrogens is 2. The monoisotopic (exact) mass is 383 g/mol. The van der Waals surface area contributed by atoms with Crippen molar-refractivity contribution in [1.82, 2.24) is 15.1 Å². The largest absolute Gasteiger partial charge is 0.452 e. The normalized spacial score (nSPS) is 10.5. The van der Waals surface area contributed by atoms with Gasteiger partial charge in [0.2, 0.25) is 12.3 Å². The fourth-order valence-corrected chi connectivity index (χ4v) is 2.58. The zero-order valence-corrected chi connectivity index (χ0v) is 15.2. The second-order valence-electron chi connectivity index (χ2n) is 5.94. The van der Waals surface area contributed by atoms with Crippen LogP contribution >= 0.6 is 0 Å². The number of likely N-dealkylation sites (N-methyl/N-ethyl adjacent to an activating group) is 1. The van der Waals surface area contributed by atoms with Gasteiger partial charge < -0.3 is 14.1 Å². The molecule has 0 bridgehead atoms. The molecule has 8 heteroatoms. The second kappa shape index (κ2) is 8.90. The van der Waals surface area contributed by atoms with Crippen molar-refractivity contribution in [2.45, 2.75) is 13.5 Å². The molecule has 1 aromatic heterocycles. The summed E-state index contributed by atoms with van der Waals surface area (Å²) in [6.07, 6.45) is 1.21. The minimum absolute atomic E-state index is 0.240. The van der Waals surface area contributed by atoms with Gasteiger partial charge in [0.05, 0.1) is 5.56 Å². The first-order valence-corrected chi connectivity index (χ1v) is 8.62. The van der Waals surface area contributed by atoms with E-state index in [0.29, 0.717) is 29.1 Å². The van der Waals surface area contributed by atoms with E-state index in [-0.39, 0.29) is 18.3 Å². The van der Waals surface area contributed by atoms with Gasteiger partial charge >= 0.3 is 5.97 Å². The van der Waals surface area contributed by atoms with Gasteiger partial charge in [-0.1, -0.05) is 12.1 Å². The molecule has 0 aliphatic rings. The van der Waals surface area contributed by atoms with Crippen LogP contribution in [0.1, 0.15) is 22.8 Å². The second-order valence-corrected chi connectivity index (χ2v) is 5.94. The number of carbonyl (C=O) groups is 2. The lowest BCUT2D eigenvalue weighted by Crippen LogP contribution is -2.34. The molecule has 2 aromatic carbocycles. The summed E-state index contributed by atoms with van der Waals surface area (Å²) < 4.78 is 23.5. The maximum absolute atomic E-state index is 13.3. The van der Waals surface area contributed by atoms with Crippen LogP contribution in [0.2, 0.25) is 0 Å². The van der Waals surface area contributed by atoms with Gasteiger partial charge in [0.25, 0.3) is 5.91 Å². The molecule has 1 heterocycles. The van der Waals surface area contributed by atoms with E-state index >= 15 is 0 Å². The number of halogens is 1. The third-order valence-corrected chi connectivity index (χ3v) is 4.05. The summed E-state index contributed by atoms with van der Waals surface area (Å²) in [7, 11) is 0. The van der Waals surface area contributed by atoms with E-state index < -0.39 is 12.6 Å². The topological polar surface area (TPSA) is 85.5 Å². The molecule has 0 unspecified atom stereocenters. The molecule has 7 nitrogen and oxygen atoms in total. The fraction of sp³-hybridized carbons (Fsp3) is 0.200. The molecular weight excluding hydrogens is 365 g/mol. The van der Waals surface area contributed by atoms with Crippen LogP contribution in [0.3, 0.4) is 0 Å². The predicted octanol–water partition coefficient (Wildman–Crippen LogP) is 3.08. The number of hydrogen-bond donors (Lipinski definition) is 0. The summed E-state index contributed by atoms with van der Waals surface area (Å²) in [5.74, 6) is -1.00. The van der Waals surface area contributed by atoms with Crippen molar-refractivity contribution in [2.75, 3.05) is 13.2 Å². The zero-order chi connectivity index (χ0) is 19.9. The van der Waals surface area contributed by atoms with Crippen molar-refractivity contribution in [2.24, 2.45) is 0 Å². The van der Waals surface area contributed by atoms with Crippen molar-refractivity contribution >= 4 is 11.9 Å². The van der Waals surface area contributed by atoms with Gasteiger partial charge in [-0.15, -0.1) is 10.2 Å². The first kappa shape index (κ1) is 19.2. The van der Waals surface area contributed by atoms with E-state index in [2.05, 4.69) is 10.2 Å². The van der Waals surface area contributed by atoms with Gasteiger partial charge in [-0.3, -0.25) is 4.79 Å². The van der Waals surface area contributed by atoms with Crippen molar-refractivity contribution in [1.29, 1.82) is 0 Å². The molecule has 1 amide bonds. The number of benzene rings is 2. The number of amides is 1. The number of hydrogen-bond acceptors (Lipinski definition) is 6. The Bertz CT molecular complexity index is 942. The van der Waals surface area contributed by atoms with E-state index in [1.165, 1.54) is 23.4 Å². The maximum atomic E-state index is 13.3. The number of rotatable bonds is 7. The first-order valence-electron chi connectivity index (χ1n) is 8.62. The Morgan fingerprint density at radius 1 is 1.18 bits per heavy atom. The molecule has 0 spiro atoms. The zero-order valence-electron chi connectivity index (χ0n) is 15.2. The SMILES string of the molecule is CCN(Cc1cccc(F)c1)C(=O)COC(=O)c1ccc(-c2nnco2)cc1. The highest BCUT2D eigenvalue weighted by molar-refractivity contribution is 5.91. The number of esters is 1. The van der Waals surface area contributed by atoms with Crippen molar-refractivity contribution in [3.05, 3.63) is 71.9 Å². The molecule has 0 saturated heterocycles. The van der Waals surface area contributed by atoms with Gasteiger partial charge in [-0.25, -0.2) is 9.18 Å². The van der Waals surface area contributed by atoms with Gasteiger partial charge in [0, 0.05) is 18.7 Å². The van der Waals surface area contributed by atoms with Crippen LogP contribution in [0.15, 0.2) is 59.3 Å². The lowest BCUT2D eigenvalue weighted by Gasteiger charge is -2.21. The highest BCUT2D eigenvalue weighted by Gasteiger charge is 2.16. The Labute approximate surface area is 160 Å². The standard InChI is InChI=1S/C20H18FN3O4/c1-2-24(11-14-4-3-5-17(21)10-14)18(25)12-27-20(26)16-8-6-15(7-9-16)19-23-22-13-28-19/h3-10,13H,2,11-12H2,1H3. The highest BCUT2D eigenvalue weighted by atomic mass is 19.1. The van der Waals surface area contributed by atoms with E-state index in [0.717, 1.165) is 0 Å². The van der Waals surface area contributed by atoms with E-state index in [9.17, 15) is 14.0 Å². The Kier molecular flexibility index (Phi) is 6.11. The summed E-state index contributed by atoms with van der Waals surface area (Å²) in [6.45, 7) is 2.05. The predicted molar refractivity (Wildman–Crippen MR) is 97.5 cm³/mol. The van der Waals surface area contributed by atoms with Crippen LogP contribution in [-0.4, -0.2) is 40.1 Å². The Balaban J connectivity index is 1.56. The maximum Gasteiger partial charge on any atom is 0.338 e. The van der Waals surface area contributed by atoms with Crippen LogP contribution in [0.5, 0.6) is 0 Å². The summed E-state index contributed by atoms with van der Waals surface area (Å²) in [5, 5.41) is 7.38. The number of ether oxygens (including phenoxy) is 1. The van der Waals surface area contributed by atoms with Gasteiger partial charge in [-0.05, 0) is 48.9 Å². The molecule has 0 radical (unpaired) electrons. The average Bonchev–Trinajstić information content (AvgIpc) is 3.25. The Morgan fingerprint density at radius 3 is 2.61 bits per heavy atom. The molecule has 0 aliphatic carbocycles. The summed E-state index contributed by atoms with van der Waals surface area (Å²) in [5.41, 5.74) is 1.62. The molecule has 3 aromatic rings.